The number of hydrogen-bond donors (Lipinski definition) is 0. The number of likely N-dealkylation sites (tertiary alicyclic amines) is 1. The highest BCUT2D eigenvalue weighted by Gasteiger charge is 2.46. The first-order valence-corrected chi connectivity index (χ1v) is 8.02. The van der Waals surface area contributed by atoms with Crippen LogP contribution in [0.4, 0.5) is 0 Å². The van der Waals surface area contributed by atoms with Crippen molar-refractivity contribution in [3.05, 3.63) is 36.5 Å². The van der Waals surface area contributed by atoms with Crippen molar-refractivity contribution in [3.8, 4) is 6.01 Å². The van der Waals surface area contributed by atoms with Crippen LogP contribution in [0.3, 0.4) is 0 Å². The Morgan fingerprint density at radius 2 is 2.21 bits per heavy atom. The Hall–Kier alpha value is -2.48. The van der Waals surface area contributed by atoms with Crippen molar-refractivity contribution in [1.82, 2.24) is 20.0 Å². The highest BCUT2D eigenvalue weighted by molar-refractivity contribution is 5.91. The molecule has 8 nitrogen and oxygen atoms in total. The maximum Gasteiger partial charge on any atom is 0.316 e. The van der Waals surface area contributed by atoms with Gasteiger partial charge < -0.3 is 18.9 Å². The second-order valence-corrected chi connectivity index (χ2v) is 6.18. The molecule has 2 atom stereocenters. The minimum absolute atomic E-state index is 0.104. The van der Waals surface area contributed by atoms with Crippen molar-refractivity contribution in [2.45, 2.75) is 31.0 Å². The molecule has 0 aliphatic carbocycles. The largest absolute Gasteiger partial charge is 0.458 e. The summed E-state index contributed by atoms with van der Waals surface area (Å²) in [6.07, 6.45) is 7.16. The molecule has 2 saturated heterocycles. The fourth-order valence-electron chi connectivity index (χ4n) is 3.41. The SMILES string of the molecule is O=C(c1ccno1)N1CCC[C@@]2(C[C@@H](Oc3ncccn3)CO2)C1. The lowest BCUT2D eigenvalue weighted by Gasteiger charge is -2.39. The van der Waals surface area contributed by atoms with Gasteiger partial charge >= 0.3 is 6.01 Å². The van der Waals surface area contributed by atoms with Gasteiger partial charge in [0.05, 0.1) is 24.9 Å². The standard InChI is InChI=1S/C16H18N4O4/c21-14(13-3-7-19-24-13)20-8-1-4-16(11-20)9-12(10-22-16)23-15-17-5-2-6-18-15/h2-3,5-7,12H,1,4,8-11H2/t12-,16-/m1/s1. The molecule has 1 amide bonds. The number of ether oxygens (including phenoxy) is 2. The van der Waals surface area contributed by atoms with E-state index in [1.807, 2.05) is 0 Å². The predicted octanol–water partition coefficient (Wildman–Crippen LogP) is 1.31. The molecular weight excluding hydrogens is 312 g/mol. The molecule has 2 fully saturated rings. The van der Waals surface area contributed by atoms with E-state index >= 15 is 0 Å². The average Bonchev–Trinajstić information content (AvgIpc) is 3.26. The van der Waals surface area contributed by atoms with Crippen LogP contribution in [0.25, 0.3) is 0 Å². The van der Waals surface area contributed by atoms with Crippen LogP contribution < -0.4 is 4.74 Å². The first kappa shape index (κ1) is 15.1. The van der Waals surface area contributed by atoms with Crippen LogP contribution in [0.15, 0.2) is 35.2 Å². The zero-order valence-corrected chi connectivity index (χ0v) is 13.1. The lowest BCUT2D eigenvalue weighted by Crippen LogP contribution is -2.50. The molecule has 0 aromatic carbocycles. The summed E-state index contributed by atoms with van der Waals surface area (Å²) in [5.74, 6) is 0.112. The van der Waals surface area contributed by atoms with Crippen LogP contribution in [0, 0.1) is 0 Å². The van der Waals surface area contributed by atoms with Crippen molar-refractivity contribution in [2.24, 2.45) is 0 Å². The fraction of sp³-hybridized carbons (Fsp3) is 0.500. The molecule has 0 radical (unpaired) electrons. The summed E-state index contributed by atoms with van der Waals surface area (Å²) in [5.41, 5.74) is -0.368. The minimum atomic E-state index is -0.368. The molecule has 8 heteroatoms. The molecular formula is C16H18N4O4. The van der Waals surface area contributed by atoms with Crippen LogP contribution >= 0.6 is 0 Å². The summed E-state index contributed by atoms with van der Waals surface area (Å²) < 4.78 is 16.8. The molecule has 4 heterocycles. The van der Waals surface area contributed by atoms with Gasteiger partial charge in [0.15, 0.2) is 0 Å². The maximum atomic E-state index is 12.5. The Kier molecular flexibility index (Phi) is 3.89. The van der Waals surface area contributed by atoms with Crippen LogP contribution in [0.5, 0.6) is 6.01 Å². The van der Waals surface area contributed by atoms with Gasteiger partial charge in [0.2, 0.25) is 5.76 Å². The third-order valence-electron chi connectivity index (χ3n) is 4.46. The van der Waals surface area contributed by atoms with Crippen molar-refractivity contribution in [2.75, 3.05) is 19.7 Å². The maximum absolute atomic E-state index is 12.5. The smallest absolute Gasteiger partial charge is 0.316 e. The van der Waals surface area contributed by atoms with Gasteiger partial charge in [-0.25, -0.2) is 9.97 Å². The Morgan fingerprint density at radius 1 is 1.33 bits per heavy atom. The molecule has 0 saturated carbocycles. The van der Waals surface area contributed by atoms with Gasteiger partial charge in [0.1, 0.15) is 6.10 Å². The number of aromatic nitrogens is 3. The van der Waals surface area contributed by atoms with Crippen molar-refractivity contribution in [1.29, 1.82) is 0 Å². The van der Waals surface area contributed by atoms with E-state index in [2.05, 4.69) is 15.1 Å². The third-order valence-corrected chi connectivity index (χ3v) is 4.46. The van der Waals surface area contributed by atoms with E-state index in [0.717, 1.165) is 12.8 Å². The lowest BCUT2D eigenvalue weighted by molar-refractivity contribution is -0.0460. The molecule has 24 heavy (non-hydrogen) atoms. The number of nitrogens with zero attached hydrogens (tertiary/aromatic N) is 4. The number of carbonyl (C=O) groups is 1. The van der Waals surface area contributed by atoms with Gasteiger partial charge in [-0.15, -0.1) is 0 Å². The number of rotatable bonds is 3. The lowest BCUT2D eigenvalue weighted by atomic mass is 9.89. The number of amides is 1. The van der Waals surface area contributed by atoms with Crippen LogP contribution in [-0.4, -0.2) is 57.3 Å². The van der Waals surface area contributed by atoms with Gasteiger partial charge in [-0.2, -0.15) is 0 Å². The zero-order valence-electron chi connectivity index (χ0n) is 13.1. The normalized spacial score (nSPS) is 26.7. The first-order chi connectivity index (χ1) is 11.7. The molecule has 2 aromatic rings. The van der Waals surface area contributed by atoms with Gasteiger partial charge in [-0.05, 0) is 18.9 Å². The van der Waals surface area contributed by atoms with Gasteiger partial charge in [0, 0.05) is 31.4 Å². The number of carbonyl (C=O) groups excluding carboxylic acids is 1. The summed E-state index contributed by atoms with van der Waals surface area (Å²) in [6.45, 7) is 1.70. The summed E-state index contributed by atoms with van der Waals surface area (Å²) in [5, 5.41) is 3.60. The molecule has 4 rings (SSSR count). The van der Waals surface area contributed by atoms with E-state index in [1.54, 1.807) is 29.4 Å². The molecule has 2 aliphatic heterocycles. The zero-order chi connectivity index (χ0) is 16.4. The summed E-state index contributed by atoms with van der Waals surface area (Å²) in [6, 6.07) is 3.68. The molecule has 126 valence electrons. The molecule has 2 aliphatic rings. The topological polar surface area (TPSA) is 90.6 Å². The van der Waals surface area contributed by atoms with Gasteiger partial charge in [-0.3, -0.25) is 4.79 Å². The second-order valence-electron chi connectivity index (χ2n) is 6.18. The Labute approximate surface area is 138 Å². The fourth-order valence-corrected chi connectivity index (χ4v) is 3.41. The molecule has 0 bridgehead atoms. The molecule has 1 spiro atoms. The van der Waals surface area contributed by atoms with Crippen molar-refractivity contribution in [3.63, 3.8) is 0 Å². The quantitative estimate of drug-likeness (QED) is 0.838. The van der Waals surface area contributed by atoms with E-state index in [-0.39, 0.29) is 23.4 Å². The van der Waals surface area contributed by atoms with Crippen LogP contribution in [0.1, 0.15) is 29.8 Å². The molecule has 0 unspecified atom stereocenters. The highest BCUT2D eigenvalue weighted by atomic mass is 16.6. The monoisotopic (exact) mass is 330 g/mol. The number of piperidine rings is 1. The minimum Gasteiger partial charge on any atom is -0.458 e. The van der Waals surface area contributed by atoms with E-state index in [9.17, 15) is 4.79 Å². The summed E-state index contributed by atoms with van der Waals surface area (Å²) >= 11 is 0. The summed E-state index contributed by atoms with van der Waals surface area (Å²) in [4.78, 5) is 22.4. The summed E-state index contributed by atoms with van der Waals surface area (Å²) in [7, 11) is 0. The van der Waals surface area contributed by atoms with Crippen molar-refractivity contribution < 1.29 is 18.8 Å². The first-order valence-electron chi connectivity index (χ1n) is 8.02. The van der Waals surface area contributed by atoms with Crippen LogP contribution in [-0.2, 0) is 4.74 Å². The number of hydrogen-bond acceptors (Lipinski definition) is 7. The van der Waals surface area contributed by atoms with E-state index in [1.165, 1.54) is 6.20 Å². The Morgan fingerprint density at radius 3 is 3.00 bits per heavy atom. The Bertz CT molecular complexity index is 693. The average molecular weight is 330 g/mol. The highest BCUT2D eigenvalue weighted by Crippen LogP contribution is 2.36. The van der Waals surface area contributed by atoms with Crippen molar-refractivity contribution >= 4 is 5.91 Å². The molecule has 2 aromatic heterocycles. The molecule has 0 N–H and O–H groups in total. The van der Waals surface area contributed by atoms with E-state index in [4.69, 9.17) is 14.0 Å². The van der Waals surface area contributed by atoms with E-state index in [0.29, 0.717) is 32.1 Å². The van der Waals surface area contributed by atoms with Crippen LogP contribution in [0.2, 0.25) is 0 Å². The van der Waals surface area contributed by atoms with Gasteiger partial charge in [0.25, 0.3) is 5.91 Å². The predicted molar refractivity (Wildman–Crippen MR) is 81.4 cm³/mol. The second kappa shape index (κ2) is 6.20. The van der Waals surface area contributed by atoms with E-state index < -0.39 is 0 Å². The Balaban J connectivity index is 1.41. The van der Waals surface area contributed by atoms with Gasteiger partial charge in [-0.1, -0.05) is 5.16 Å². The third kappa shape index (κ3) is 2.96.